The second-order valence-corrected chi connectivity index (χ2v) is 4.13. The summed E-state index contributed by atoms with van der Waals surface area (Å²) in [6.07, 6.45) is 0.950. The Bertz CT molecular complexity index is 489. The monoisotopic (exact) mass is 239 g/mol. The molecular formula is C10H13N3O4. The Morgan fingerprint density at radius 3 is 3.06 bits per heavy atom. The lowest BCUT2D eigenvalue weighted by molar-refractivity contribution is -0.0911. The third kappa shape index (κ3) is 1.72. The molecule has 2 fully saturated rings. The Labute approximate surface area is 97.1 Å². The van der Waals surface area contributed by atoms with Crippen LogP contribution in [0.15, 0.2) is 17.1 Å². The van der Waals surface area contributed by atoms with Gasteiger partial charge in [0.1, 0.15) is 24.1 Å². The molecule has 3 heterocycles. The van der Waals surface area contributed by atoms with Crippen LogP contribution in [0.2, 0.25) is 0 Å². The van der Waals surface area contributed by atoms with Gasteiger partial charge in [0.15, 0.2) is 6.23 Å². The van der Waals surface area contributed by atoms with Gasteiger partial charge in [-0.1, -0.05) is 0 Å². The number of nitrogens with two attached hydrogens (primary N) is 1. The van der Waals surface area contributed by atoms with E-state index >= 15 is 0 Å². The molecule has 2 N–H and O–H groups in total. The van der Waals surface area contributed by atoms with Gasteiger partial charge >= 0.3 is 5.69 Å². The van der Waals surface area contributed by atoms with Crippen molar-refractivity contribution in [3.8, 4) is 0 Å². The van der Waals surface area contributed by atoms with Gasteiger partial charge in [-0.25, -0.2) is 4.79 Å². The van der Waals surface area contributed by atoms with Gasteiger partial charge < -0.3 is 19.9 Å². The average Bonchev–Trinajstić information content (AvgIpc) is 2.99. The molecule has 0 bridgehead atoms. The summed E-state index contributed by atoms with van der Waals surface area (Å²) in [6, 6.07) is 1.56. The van der Waals surface area contributed by atoms with Crippen molar-refractivity contribution in [2.75, 3.05) is 19.5 Å². The summed E-state index contributed by atoms with van der Waals surface area (Å²) in [6.45, 7) is 0.453. The summed E-state index contributed by atoms with van der Waals surface area (Å²) in [5.41, 5.74) is 5.00. The van der Waals surface area contributed by atoms with E-state index in [1.165, 1.54) is 4.57 Å². The van der Waals surface area contributed by atoms with E-state index in [1.54, 1.807) is 19.4 Å². The highest BCUT2D eigenvalue weighted by Crippen LogP contribution is 2.44. The van der Waals surface area contributed by atoms with Crippen molar-refractivity contribution in [3.63, 3.8) is 0 Å². The van der Waals surface area contributed by atoms with Crippen LogP contribution in [0.1, 0.15) is 6.23 Å². The summed E-state index contributed by atoms with van der Waals surface area (Å²) < 4.78 is 17.6. The zero-order valence-corrected chi connectivity index (χ0v) is 9.28. The lowest BCUT2D eigenvalue weighted by Gasteiger charge is -2.18. The van der Waals surface area contributed by atoms with Crippen LogP contribution < -0.4 is 11.4 Å². The van der Waals surface area contributed by atoms with Crippen molar-refractivity contribution in [3.05, 3.63) is 22.7 Å². The van der Waals surface area contributed by atoms with Crippen LogP contribution >= 0.6 is 0 Å². The highest BCUT2D eigenvalue weighted by molar-refractivity contribution is 5.23. The van der Waals surface area contributed by atoms with E-state index in [9.17, 15) is 4.79 Å². The molecule has 0 aromatic carbocycles. The summed E-state index contributed by atoms with van der Waals surface area (Å²) in [4.78, 5) is 15.3. The van der Waals surface area contributed by atoms with E-state index in [1.807, 2.05) is 0 Å². The molecule has 1 aromatic heterocycles. The Hall–Kier alpha value is -1.44. The first kappa shape index (κ1) is 10.7. The molecule has 7 heteroatoms. The fraction of sp³-hybridized carbons (Fsp3) is 0.600. The number of hydrogen-bond acceptors (Lipinski definition) is 6. The first-order valence-electron chi connectivity index (χ1n) is 5.35. The molecule has 2 saturated heterocycles. The third-order valence-electron chi connectivity index (χ3n) is 2.98. The van der Waals surface area contributed by atoms with Crippen molar-refractivity contribution < 1.29 is 14.2 Å². The maximum absolute atomic E-state index is 11.7. The molecular weight excluding hydrogens is 226 g/mol. The van der Waals surface area contributed by atoms with E-state index in [2.05, 4.69) is 4.98 Å². The minimum atomic E-state index is -0.430. The average molecular weight is 239 g/mol. The summed E-state index contributed by atoms with van der Waals surface area (Å²) in [5, 5.41) is 0. The first-order chi connectivity index (χ1) is 8.20. The Morgan fingerprint density at radius 1 is 1.53 bits per heavy atom. The summed E-state index contributed by atoms with van der Waals surface area (Å²) in [7, 11) is 1.60. The number of nitrogens with zero attached hydrogens (tertiary/aromatic N) is 2. The predicted molar refractivity (Wildman–Crippen MR) is 57.4 cm³/mol. The number of epoxide rings is 1. The number of fused-ring (bicyclic) bond motifs is 1. The highest BCUT2D eigenvalue weighted by atomic mass is 16.7. The Kier molecular flexibility index (Phi) is 2.39. The highest BCUT2D eigenvalue weighted by Gasteiger charge is 2.59. The molecule has 0 amide bonds. The van der Waals surface area contributed by atoms with Gasteiger partial charge in [0, 0.05) is 13.3 Å². The Balaban J connectivity index is 1.84. The molecule has 0 aliphatic carbocycles. The van der Waals surface area contributed by atoms with Crippen LogP contribution in [0.25, 0.3) is 0 Å². The van der Waals surface area contributed by atoms with Crippen LogP contribution in [0.4, 0.5) is 5.82 Å². The zero-order valence-electron chi connectivity index (χ0n) is 9.28. The van der Waals surface area contributed by atoms with Crippen molar-refractivity contribution in [1.82, 2.24) is 9.55 Å². The predicted octanol–water partition coefficient (Wildman–Crippen LogP) is -0.863. The standard InChI is InChI=1S/C10H13N3O4/c1-15-4-5-7-8(17-7)9(16-5)13-3-2-6(11)12-10(13)14/h2-3,5,7-9H,4H2,1H3,(H2,11,12,14)/t5-,7+,8+,9-/m1/s1. The lowest BCUT2D eigenvalue weighted by atomic mass is 10.2. The van der Waals surface area contributed by atoms with Crippen molar-refractivity contribution in [2.24, 2.45) is 0 Å². The number of nitrogen functional groups attached to an aromatic ring is 1. The van der Waals surface area contributed by atoms with Crippen LogP contribution in [0.3, 0.4) is 0 Å². The minimum absolute atomic E-state index is 0.0180. The molecule has 2 aliphatic heterocycles. The largest absolute Gasteiger partial charge is 0.383 e. The molecule has 7 nitrogen and oxygen atoms in total. The zero-order chi connectivity index (χ0) is 12.0. The maximum atomic E-state index is 11.7. The molecule has 4 atom stereocenters. The van der Waals surface area contributed by atoms with Gasteiger partial charge in [0.25, 0.3) is 0 Å². The fourth-order valence-corrected chi connectivity index (χ4v) is 2.14. The SMILES string of the molecule is COC[C@H]1O[C@@H](n2ccc(N)nc2=O)[C@H]2O[C@H]21. The molecule has 0 spiro atoms. The first-order valence-corrected chi connectivity index (χ1v) is 5.35. The van der Waals surface area contributed by atoms with E-state index in [0.29, 0.717) is 6.61 Å². The van der Waals surface area contributed by atoms with E-state index in [-0.39, 0.29) is 24.1 Å². The number of methoxy groups -OCH3 is 1. The maximum Gasteiger partial charge on any atom is 0.351 e. The van der Waals surface area contributed by atoms with Gasteiger partial charge in [-0.15, -0.1) is 0 Å². The molecule has 17 heavy (non-hydrogen) atoms. The summed E-state index contributed by atoms with van der Waals surface area (Å²) >= 11 is 0. The summed E-state index contributed by atoms with van der Waals surface area (Å²) in [5.74, 6) is 0.200. The normalized spacial score (nSPS) is 34.6. The van der Waals surface area contributed by atoms with Gasteiger partial charge in [-0.3, -0.25) is 4.57 Å². The lowest BCUT2D eigenvalue weighted by Crippen LogP contribution is -2.31. The van der Waals surface area contributed by atoms with Gasteiger partial charge in [0.05, 0.1) is 6.61 Å². The third-order valence-corrected chi connectivity index (χ3v) is 2.98. The molecule has 2 aliphatic rings. The number of aromatic nitrogens is 2. The van der Waals surface area contributed by atoms with Gasteiger partial charge in [-0.2, -0.15) is 4.98 Å². The topological polar surface area (TPSA) is 91.9 Å². The van der Waals surface area contributed by atoms with Gasteiger partial charge in [-0.05, 0) is 6.07 Å². The van der Waals surface area contributed by atoms with E-state index in [0.717, 1.165) is 0 Å². The smallest absolute Gasteiger partial charge is 0.351 e. The number of rotatable bonds is 3. The number of ether oxygens (including phenoxy) is 3. The molecule has 92 valence electrons. The Morgan fingerprint density at radius 2 is 2.35 bits per heavy atom. The molecule has 1 aromatic rings. The van der Waals surface area contributed by atoms with Gasteiger partial charge in [0.2, 0.25) is 0 Å². The molecule has 0 saturated carbocycles. The van der Waals surface area contributed by atoms with Crippen molar-refractivity contribution in [2.45, 2.75) is 24.5 Å². The number of hydrogen-bond donors (Lipinski definition) is 1. The second-order valence-electron chi connectivity index (χ2n) is 4.13. The quantitative estimate of drug-likeness (QED) is 0.690. The fourth-order valence-electron chi connectivity index (χ4n) is 2.14. The molecule has 0 unspecified atom stereocenters. The van der Waals surface area contributed by atoms with Crippen LogP contribution in [-0.2, 0) is 14.2 Å². The van der Waals surface area contributed by atoms with Crippen LogP contribution in [0, 0.1) is 0 Å². The molecule has 0 radical (unpaired) electrons. The van der Waals surface area contributed by atoms with Crippen LogP contribution in [0.5, 0.6) is 0 Å². The molecule has 3 rings (SSSR count). The van der Waals surface area contributed by atoms with Crippen molar-refractivity contribution >= 4 is 5.82 Å². The number of anilines is 1. The van der Waals surface area contributed by atoms with E-state index in [4.69, 9.17) is 19.9 Å². The second kappa shape index (κ2) is 3.80. The minimum Gasteiger partial charge on any atom is -0.383 e. The van der Waals surface area contributed by atoms with Crippen molar-refractivity contribution in [1.29, 1.82) is 0 Å². The van der Waals surface area contributed by atoms with E-state index < -0.39 is 11.9 Å². The van der Waals surface area contributed by atoms with Crippen LogP contribution in [-0.4, -0.2) is 41.6 Å².